The smallest absolute Gasteiger partial charge is 0.255 e. The number of aryl methyl sites for hydroxylation is 2. The Kier molecular flexibility index (Phi) is 4.65. The minimum absolute atomic E-state index is 0.209. The number of nitrogens with one attached hydrogen (secondary N) is 1. The van der Waals surface area contributed by atoms with Gasteiger partial charge in [-0.15, -0.1) is 0 Å². The van der Waals surface area contributed by atoms with E-state index < -0.39 is 11.9 Å². The number of rotatable bonds is 3. The van der Waals surface area contributed by atoms with Gasteiger partial charge in [0.05, 0.1) is 17.7 Å². The van der Waals surface area contributed by atoms with E-state index in [1.54, 1.807) is 42.1 Å². The molecule has 7 nitrogen and oxygen atoms in total. The highest BCUT2D eigenvalue weighted by atomic mass is 19.1. The molecule has 1 aromatic heterocycles. The van der Waals surface area contributed by atoms with E-state index in [0.29, 0.717) is 34.5 Å². The molecule has 0 saturated carbocycles. The van der Waals surface area contributed by atoms with Crippen molar-refractivity contribution < 1.29 is 18.8 Å². The Morgan fingerprint density at radius 2 is 1.94 bits per heavy atom. The van der Waals surface area contributed by atoms with E-state index >= 15 is 0 Å². The highest BCUT2D eigenvalue weighted by Gasteiger charge is 2.39. The lowest BCUT2D eigenvalue weighted by Gasteiger charge is -2.29. The van der Waals surface area contributed by atoms with Crippen molar-refractivity contribution in [1.29, 1.82) is 0 Å². The summed E-state index contributed by atoms with van der Waals surface area (Å²) in [6.07, 6.45) is 2.16. The summed E-state index contributed by atoms with van der Waals surface area (Å²) in [4.78, 5) is 42.7. The van der Waals surface area contributed by atoms with Gasteiger partial charge in [-0.2, -0.15) is 0 Å². The van der Waals surface area contributed by atoms with Crippen molar-refractivity contribution in [1.82, 2.24) is 19.8 Å². The Labute approximate surface area is 183 Å². The molecule has 0 radical (unpaired) electrons. The first kappa shape index (κ1) is 20.1. The average molecular weight is 432 g/mol. The van der Waals surface area contributed by atoms with Crippen LogP contribution in [0.25, 0.3) is 22.5 Å². The minimum Gasteiger partial charge on any atom is -0.333 e. The minimum atomic E-state index is -0.664. The van der Waals surface area contributed by atoms with Gasteiger partial charge in [0, 0.05) is 36.7 Å². The Morgan fingerprint density at radius 1 is 1.12 bits per heavy atom. The van der Waals surface area contributed by atoms with Gasteiger partial charge < -0.3 is 9.47 Å². The molecule has 5 rings (SSSR count). The quantitative estimate of drug-likeness (QED) is 0.645. The molecule has 3 aromatic rings. The molecule has 0 bridgehead atoms. The van der Waals surface area contributed by atoms with Crippen molar-refractivity contribution in [2.45, 2.75) is 32.4 Å². The zero-order valence-electron chi connectivity index (χ0n) is 17.7. The van der Waals surface area contributed by atoms with Crippen LogP contribution >= 0.6 is 0 Å². The van der Waals surface area contributed by atoms with Crippen LogP contribution in [0, 0.1) is 12.7 Å². The molecule has 1 atom stereocenters. The van der Waals surface area contributed by atoms with Crippen LogP contribution in [0.1, 0.15) is 34.3 Å². The Bertz CT molecular complexity index is 1300. The molecule has 0 spiro atoms. The molecule has 1 unspecified atom stereocenters. The highest BCUT2D eigenvalue weighted by molar-refractivity contribution is 6.05. The molecular weight excluding hydrogens is 411 g/mol. The second-order valence-corrected chi connectivity index (χ2v) is 8.26. The average Bonchev–Trinajstić information content (AvgIpc) is 3.30. The van der Waals surface area contributed by atoms with Gasteiger partial charge in [0.15, 0.2) is 0 Å². The van der Waals surface area contributed by atoms with E-state index in [1.807, 2.05) is 19.2 Å². The summed E-state index contributed by atoms with van der Waals surface area (Å²) < 4.78 is 16.7. The monoisotopic (exact) mass is 432 g/mol. The van der Waals surface area contributed by atoms with Crippen LogP contribution in [0.15, 0.2) is 42.7 Å². The standard InChI is InChI=1S/C24H21FN4O3/c1-13-4-3-5-17(20(13)25)22-21(26-12-28(22)2)14-6-7-16-15(10-14)11-29(24(16)32)18-8-9-19(30)27-23(18)31/h3-7,10,12,18H,8-9,11H2,1-2H3,(H,27,30,31). The van der Waals surface area contributed by atoms with Gasteiger partial charge in [0.25, 0.3) is 5.91 Å². The van der Waals surface area contributed by atoms with Crippen LogP contribution in [0.5, 0.6) is 0 Å². The number of benzene rings is 2. The first-order valence-corrected chi connectivity index (χ1v) is 10.4. The Morgan fingerprint density at radius 3 is 2.72 bits per heavy atom. The largest absolute Gasteiger partial charge is 0.333 e. The fourth-order valence-electron chi connectivity index (χ4n) is 4.51. The number of imide groups is 1. The van der Waals surface area contributed by atoms with Gasteiger partial charge in [-0.1, -0.05) is 18.2 Å². The maximum absolute atomic E-state index is 14.9. The van der Waals surface area contributed by atoms with Gasteiger partial charge in [0.1, 0.15) is 11.9 Å². The number of nitrogens with zero attached hydrogens (tertiary/aromatic N) is 3. The van der Waals surface area contributed by atoms with Crippen LogP contribution < -0.4 is 5.32 Å². The van der Waals surface area contributed by atoms with Crippen molar-refractivity contribution in [3.63, 3.8) is 0 Å². The van der Waals surface area contributed by atoms with Crippen LogP contribution in [0.4, 0.5) is 4.39 Å². The molecule has 162 valence electrons. The van der Waals surface area contributed by atoms with Crippen LogP contribution in [0.2, 0.25) is 0 Å². The molecule has 1 saturated heterocycles. The second-order valence-electron chi connectivity index (χ2n) is 8.26. The SMILES string of the molecule is Cc1cccc(-c2c(-c3ccc4c(c3)CN(C3CCC(=O)NC3=O)C4=O)ncn2C)c1F. The lowest BCUT2D eigenvalue weighted by Crippen LogP contribution is -2.52. The van der Waals surface area contributed by atoms with Crippen molar-refractivity contribution in [2.75, 3.05) is 0 Å². The van der Waals surface area contributed by atoms with Crippen LogP contribution in [0.3, 0.4) is 0 Å². The van der Waals surface area contributed by atoms with E-state index in [2.05, 4.69) is 10.3 Å². The molecule has 3 amide bonds. The molecule has 2 aliphatic rings. The van der Waals surface area contributed by atoms with Gasteiger partial charge in [-0.25, -0.2) is 9.37 Å². The highest BCUT2D eigenvalue weighted by Crippen LogP contribution is 2.36. The zero-order chi connectivity index (χ0) is 22.6. The number of fused-ring (bicyclic) bond motifs is 1. The van der Waals surface area contributed by atoms with Gasteiger partial charge in [0.2, 0.25) is 11.8 Å². The number of hydrogen-bond donors (Lipinski definition) is 1. The number of amides is 3. The summed E-state index contributed by atoms with van der Waals surface area (Å²) in [5, 5.41) is 2.31. The Hall–Kier alpha value is -3.81. The number of halogens is 1. The summed E-state index contributed by atoms with van der Waals surface area (Å²) in [7, 11) is 1.81. The van der Waals surface area contributed by atoms with E-state index in [-0.39, 0.29) is 30.6 Å². The van der Waals surface area contributed by atoms with Crippen LogP contribution in [-0.4, -0.2) is 38.2 Å². The fraction of sp³-hybridized carbons (Fsp3) is 0.250. The first-order chi connectivity index (χ1) is 15.3. The van der Waals surface area contributed by atoms with E-state index in [0.717, 1.165) is 11.1 Å². The van der Waals surface area contributed by atoms with Gasteiger partial charge in [-0.05, 0) is 42.7 Å². The molecule has 1 N–H and O–H groups in total. The number of piperidine rings is 1. The predicted octanol–water partition coefficient (Wildman–Crippen LogP) is 2.96. The van der Waals surface area contributed by atoms with Crippen molar-refractivity contribution >= 4 is 17.7 Å². The van der Waals surface area contributed by atoms with Crippen molar-refractivity contribution in [3.05, 3.63) is 65.2 Å². The molecule has 32 heavy (non-hydrogen) atoms. The summed E-state index contributed by atoms with van der Waals surface area (Å²) in [5.41, 5.74) is 4.34. The summed E-state index contributed by atoms with van der Waals surface area (Å²) >= 11 is 0. The van der Waals surface area contributed by atoms with Gasteiger partial charge in [-0.3, -0.25) is 19.7 Å². The lowest BCUT2D eigenvalue weighted by molar-refractivity contribution is -0.136. The second kappa shape index (κ2) is 7.40. The molecule has 0 aliphatic carbocycles. The third-order valence-electron chi connectivity index (χ3n) is 6.18. The molecule has 2 aromatic carbocycles. The van der Waals surface area contributed by atoms with E-state index in [1.165, 1.54) is 4.90 Å². The number of hydrogen-bond acceptors (Lipinski definition) is 4. The topological polar surface area (TPSA) is 84.3 Å². The van der Waals surface area contributed by atoms with Crippen molar-refractivity contribution in [3.8, 4) is 22.5 Å². The number of carbonyl (C=O) groups is 3. The maximum Gasteiger partial charge on any atom is 0.255 e. The molecule has 8 heteroatoms. The van der Waals surface area contributed by atoms with Crippen LogP contribution in [-0.2, 0) is 23.2 Å². The Balaban J connectivity index is 1.52. The van der Waals surface area contributed by atoms with E-state index in [9.17, 15) is 18.8 Å². The fourth-order valence-corrected chi connectivity index (χ4v) is 4.51. The zero-order valence-corrected chi connectivity index (χ0v) is 17.7. The van der Waals surface area contributed by atoms with Crippen molar-refractivity contribution in [2.24, 2.45) is 7.05 Å². The number of imidazole rings is 1. The van der Waals surface area contributed by atoms with Gasteiger partial charge >= 0.3 is 0 Å². The summed E-state index contributed by atoms with van der Waals surface area (Å²) in [6, 6.07) is 9.99. The third kappa shape index (κ3) is 3.10. The third-order valence-corrected chi connectivity index (χ3v) is 6.18. The number of aromatic nitrogens is 2. The molecule has 2 aliphatic heterocycles. The maximum atomic E-state index is 14.9. The predicted molar refractivity (Wildman–Crippen MR) is 115 cm³/mol. The summed E-state index contributed by atoms with van der Waals surface area (Å²) in [6.45, 7) is 1.99. The summed E-state index contributed by atoms with van der Waals surface area (Å²) in [5.74, 6) is -1.28. The molecule has 3 heterocycles. The normalized spacial score (nSPS) is 18.2. The van der Waals surface area contributed by atoms with E-state index in [4.69, 9.17) is 0 Å². The number of carbonyl (C=O) groups excluding carboxylic acids is 3. The first-order valence-electron chi connectivity index (χ1n) is 10.4. The molecule has 1 fully saturated rings. The molecular formula is C24H21FN4O3. The lowest BCUT2D eigenvalue weighted by atomic mass is 9.99.